The van der Waals surface area contributed by atoms with Crippen LogP contribution < -0.4 is 0 Å². The summed E-state index contributed by atoms with van der Waals surface area (Å²) in [7, 11) is 0. The van der Waals surface area contributed by atoms with Gasteiger partial charge in [0.05, 0.1) is 11.5 Å². The summed E-state index contributed by atoms with van der Waals surface area (Å²) in [6, 6.07) is 0. The van der Waals surface area contributed by atoms with Gasteiger partial charge in [0.25, 0.3) is 0 Å². The van der Waals surface area contributed by atoms with Crippen LogP contribution in [0.5, 0.6) is 0 Å². The number of carboxylic acids is 1. The Hall–Kier alpha value is -1.58. The zero-order valence-electron chi connectivity index (χ0n) is 6.99. The maximum Gasteiger partial charge on any atom is 0.307 e. The Balaban J connectivity index is 2.93. The first-order valence-corrected chi connectivity index (χ1v) is 3.86. The highest BCUT2D eigenvalue weighted by atomic mass is 16.4. The summed E-state index contributed by atoms with van der Waals surface area (Å²) in [4.78, 5) is 21.7. The number of rotatable bonds is 2. The van der Waals surface area contributed by atoms with Crippen molar-refractivity contribution >= 4 is 11.8 Å². The minimum atomic E-state index is -1.05. The van der Waals surface area contributed by atoms with E-state index in [0.717, 1.165) is 0 Å². The third kappa shape index (κ3) is 1.77. The van der Waals surface area contributed by atoms with Crippen LogP contribution in [0.3, 0.4) is 0 Å². The molecule has 0 aromatic rings. The zero-order chi connectivity index (χ0) is 10.0. The van der Waals surface area contributed by atoms with E-state index in [2.05, 4.69) is 6.58 Å². The number of hydrogen-bond acceptors (Lipinski definition) is 3. The van der Waals surface area contributed by atoms with Gasteiger partial charge < -0.3 is 10.2 Å². The number of carboxylic acid groups (broad SMARTS) is 1. The molecule has 70 valence electrons. The van der Waals surface area contributed by atoms with Crippen molar-refractivity contribution in [2.24, 2.45) is 5.92 Å². The van der Waals surface area contributed by atoms with E-state index in [-0.39, 0.29) is 30.0 Å². The highest BCUT2D eigenvalue weighted by Crippen LogP contribution is 2.25. The quantitative estimate of drug-likeness (QED) is 0.669. The highest BCUT2D eigenvalue weighted by Gasteiger charge is 2.30. The SMILES string of the molecule is C=CC1=C(O)CC(C(=O)O)CC1=O. The maximum atomic E-state index is 11.2. The van der Waals surface area contributed by atoms with Gasteiger partial charge in [0, 0.05) is 12.8 Å². The maximum absolute atomic E-state index is 11.2. The third-order valence-electron chi connectivity index (χ3n) is 2.04. The molecule has 0 bridgehead atoms. The lowest BCUT2D eigenvalue weighted by Gasteiger charge is -2.18. The number of aliphatic carboxylic acids is 1. The Kier molecular flexibility index (Phi) is 2.51. The van der Waals surface area contributed by atoms with Crippen LogP contribution in [0.2, 0.25) is 0 Å². The van der Waals surface area contributed by atoms with E-state index in [9.17, 15) is 14.7 Å². The number of hydrogen-bond donors (Lipinski definition) is 2. The molecule has 0 radical (unpaired) electrons. The van der Waals surface area contributed by atoms with Crippen LogP contribution in [-0.4, -0.2) is 22.0 Å². The number of aliphatic hydroxyl groups is 1. The summed E-state index contributed by atoms with van der Waals surface area (Å²) in [5.74, 6) is -2.37. The number of aliphatic hydroxyl groups excluding tert-OH is 1. The molecule has 2 N–H and O–H groups in total. The number of Topliss-reactive ketones (excluding diaryl/α,β-unsaturated/α-hetero) is 1. The van der Waals surface area contributed by atoms with Crippen LogP contribution in [0.15, 0.2) is 24.0 Å². The summed E-state index contributed by atoms with van der Waals surface area (Å²) in [5, 5.41) is 17.9. The minimum absolute atomic E-state index is 0.0163. The summed E-state index contributed by atoms with van der Waals surface area (Å²) in [6.07, 6.45) is 1.22. The Labute approximate surface area is 75.2 Å². The highest BCUT2D eigenvalue weighted by molar-refractivity contribution is 6.01. The van der Waals surface area contributed by atoms with E-state index in [4.69, 9.17) is 5.11 Å². The van der Waals surface area contributed by atoms with E-state index in [1.54, 1.807) is 0 Å². The van der Waals surface area contributed by atoms with Crippen molar-refractivity contribution in [1.82, 2.24) is 0 Å². The van der Waals surface area contributed by atoms with Gasteiger partial charge in [-0.25, -0.2) is 0 Å². The van der Waals surface area contributed by atoms with Gasteiger partial charge in [-0.3, -0.25) is 9.59 Å². The molecule has 1 aliphatic carbocycles. The molecule has 4 heteroatoms. The molecule has 0 aromatic heterocycles. The van der Waals surface area contributed by atoms with Crippen LogP contribution in [0.4, 0.5) is 0 Å². The van der Waals surface area contributed by atoms with Gasteiger partial charge in [0.1, 0.15) is 5.76 Å². The molecule has 1 aliphatic rings. The lowest BCUT2D eigenvalue weighted by molar-refractivity contribution is -0.144. The minimum Gasteiger partial charge on any atom is -0.512 e. The van der Waals surface area contributed by atoms with Gasteiger partial charge in [-0.05, 0) is 0 Å². The predicted molar refractivity (Wildman–Crippen MR) is 45.2 cm³/mol. The second-order valence-corrected chi connectivity index (χ2v) is 2.93. The summed E-state index contributed by atoms with van der Waals surface area (Å²) in [5.41, 5.74) is 0.150. The number of allylic oxidation sites excluding steroid dienone is 3. The van der Waals surface area contributed by atoms with Crippen molar-refractivity contribution in [3.05, 3.63) is 24.0 Å². The van der Waals surface area contributed by atoms with E-state index in [1.165, 1.54) is 6.08 Å². The molecule has 0 spiro atoms. The van der Waals surface area contributed by atoms with Gasteiger partial charge >= 0.3 is 5.97 Å². The molecule has 0 heterocycles. The van der Waals surface area contributed by atoms with Gasteiger partial charge in [-0.2, -0.15) is 0 Å². The van der Waals surface area contributed by atoms with Crippen LogP contribution in [0, 0.1) is 5.92 Å². The molecular weight excluding hydrogens is 172 g/mol. The molecule has 4 nitrogen and oxygen atoms in total. The first-order chi connectivity index (χ1) is 6.06. The van der Waals surface area contributed by atoms with Crippen LogP contribution in [0.1, 0.15) is 12.8 Å². The molecule has 0 amide bonds. The Bertz CT molecular complexity index is 301. The molecule has 0 aromatic carbocycles. The largest absolute Gasteiger partial charge is 0.512 e. The lowest BCUT2D eigenvalue weighted by Crippen LogP contribution is -2.24. The molecule has 0 aliphatic heterocycles. The standard InChI is InChI=1S/C9H10O4/c1-2-6-7(10)3-5(9(12)13)4-8(6)11/h2,5,10H,1,3-4H2,(H,12,13). The van der Waals surface area contributed by atoms with E-state index in [1.807, 2.05) is 0 Å². The van der Waals surface area contributed by atoms with E-state index in [0.29, 0.717) is 0 Å². The van der Waals surface area contributed by atoms with Gasteiger partial charge in [0.15, 0.2) is 5.78 Å². The van der Waals surface area contributed by atoms with Crippen molar-refractivity contribution in [3.8, 4) is 0 Å². The van der Waals surface area contributed by atoms with Crippen molar-refractivity contribution in [1.29, 1.82) is 0 Å². The average molecular weight is 182 g/mol. The molecule has 0 saturated carbocycles. The summed E-state index contributed by atoms with van der Waals surface area (Å²) >= 11 is 0. The topological polar surface area (TPSA) is 74.6 Å². The number of carbonyl (C=O) groups excluding carboxylic acids is 1. The monoisotopic (exact) mass is 182 g/mol. The first-order valence-electron chi connectivity index (χ1n) is 3.86. The number of carbonyl (C=O) groups is 2. The molecule has 1 atom stereocenters. The molecule has 0 saturated heterocycles. The van der Waals surface area contributed by atoms with Crippen LogP contribution in [-0.2, 0) is 9.59 Å². The second-order valence-electron chi connectivity index (χ2n) is 2.93. The molecule has 1 rings (SSSR count). The van der Waals surface area contributed by atoms with Gasteiger partial charge in [-0.1, -0.05) is 12.7 Å². The van der Waals surface area contributed by atoms with E-state index < -0.39 is 11.9 Å². The third-order valence-corrected chi connectivity index (χ3v) is 2.04. The van der Waals surface area contributed by atoms with Crippen LogP contribution >= 0.6 is 0 Å². The van der Waals surface area contributed by atoms with Gasteiger partial charge in [0.2, 0.25) is 0 Å². The normalized spacial score (nSPS) is 23.1. The fourth-order valence-corrected chi connectivity index (χ4v) is 1.32. The number of ketones is 1. The van der Waals surface area contributed by atoms with Crippen LogP contribution in [0.25, 0.3) is 0 Å². The first kappa shape index (κ1) is 9.51. The molecule has 13 heavy (non-hydrogen) atoms. The molecule has 1 unspecified atom stereocenters. The van der Waals surface area contributed by atoms with E-state index >= 15 is 0 Å². The fourth-order valence-electron chi connectivity index (χ4n) is 1.32. The van der Waals surface area contributed by atoms with Crippen molar-refractivity contribution < 1.29 is 19.8 Å². The fraction of sp³-hybridized carbons (Fsp3) is 0.333. The Morgan fingerprint density at radius 3 is 2.54 bits per heavy atom. The van der Waals surface area contributed by atoms with Crippen molar-refractivity contribution in [2.75, 3.05) is 0 Å². The average Bonchev–Trinajstić information content (AvgIpc) is 2.03. The second kappa shape index (κ2) is 3.43. The summed E-state index contributed by atoms with van der Waals surface area (Å²) < 4.78 is 0. The predicted octanol–water partition coefficient (Wildman–Crippen LogP) is 1.05. The van der Waals surface area contributed by atoms with Crippen molar-refractivity contribution in [3.63, 3.8) is 0 Å². The molecule has 0 fully saturated rings. The lowest BCUT2D eigenvalue weighted by atomic mass is 9.87. The zero-order valence-corrected chi connectivity index (χ0v) is 6.99. The Morgan fingerprint density at radius 1 is 1.54 bits per heavy atom. The van der Waals surface area contributed by atoms with Crippen molar-refractivity contribution in [2.45, 2.75) is 12.8 Å². The molecular formula is C9H10O4. The smallest absolute Gasteiger partial charge is 0.307 e. The Morgan fingerprint density at radius 2 is 2.15 bits per heavy atom. The van der Waals surface area contributed by atoms with Gasteiger partial charge in [-0.15, -0.1) is 0 Å². The summed E-state index contributed by atoms with van der Waals surface area (Å²) in [6.45, 7) is 3.37.